The summed E-state index contributed by atoms with van der Waals surface area (Å²) < 4.78 is 2.12. The number of aliphatic hydroxyl groups excluding tert-OH is 1. The first kappa shape index (κ1) is 24.0. The molecule has 2 aromatic carbocycles. The monoisotopic (exact) mass is 462 g/mol. The average Bonchev–Trinajstić information content (AvgIpc) is 3.15. The third kappa shape index (κ3) is 5.14. The molecule has 34 heavy (non-hydrogen) atoms. The summed E-state index contributed by atoms with van der Waals surface area (Å²) in [5.41, 5.74) is 3.41. The second kappa shape index (κ2) is 9.58. The number of fused-ring (bicyclic) bond motifs is 1. The Morgan fingerprint density at radius 2 is 1.79 bits per heavy atom. The molecule has 4 rings (SSSR count). The van der Waals surface area contributed by atoms with Gasteiger partial charge in [0.15, 0.2) is 0 Å². The number of hydrogen-bond acceptors (Lipinski definition) is 4. The molecule has 1 aliphatic carbocycles. The van der Waals surface area contributed by atoms with Crippen LogP contribution in [0.3, 0.4) is 0 Å². The lowest BCUT2D eigenvalue weighted by molar-refractivity contribution is -0.123. The summed E-state index contributed by atoms with van der Waals surface area (Å²) >= 11 is 0. The third-order valence-corrected chi connectivity index (χ3v) is 6.57. The van der Waals surface area contributed by atoms with Crippen molar-refractivity contribution in [3.8, 4) is 0 Å². The quantitative estimate of drug-likeness (QED) is 0.479. The van der Waals surface area contributed by atoms with Crippen LogP contribution in [0.5, 0.6) is 0 Å². The zero-order valence-corrected chi connectivity index (χ0v) is 20.4. The van der Waals surface area contributed by atoms with Gasteiger partial charge in [0.05, 0.1) is 11.0 Å². The molecule has 2 amide bonds. The van der Waals surface area contributed by atoms with Crippen molar-refractivity contribution in [3.63, 3.8) is 0 Å². The Hall–Kier alpha value is -3.19. The number of rotatable bonds is 5. The predicted octanol–water partition coefficient (Wildman–Crippen LogP) is 5.31. The van der Waals surface area contributed by atoms with Crippen LogP contribution in [0.4, 0.5) is 11.6 Å². The molecule has 7 heteroatoms. The lowest BCUT2D eigenvalue weighted by atomic mass is 9.86. The van der Waals surface area contributed by atoms with E-state index < -0.39 is 5.41 Å². The zero-order valence-electron chi connectivity index (χ0n) is 20.4. The Labute approximate surface area is 200 Å². The highest BCUT2D eigenvalue weighted by molar-refractivity contribution is 6.04. The van der Waals surface area contributed by atoms with Crippen LogP contribution in [0.25, 0.3) is 11.0 Å². The molecule has 3 aromatic rings. The number of nitrogens with zero attached hydrogens (tertiary/aromatic N) is 2. The molecule has 3 N–H and O–H groups in total. The summed E-state index contributed by atoms with van der Waals surface area (Å²) in [6.45, 7) is 7.79. The van der Waals surface area contributed by atoms with Crippen molar-refractivity contribution >= 4 is 34.5 Å². The first-order valence-corrected chi connectivity index (χ1v) is 12.0. The van der Waals surface area contributed by atoms with E-state index in [4.69, 9.17) is 4.98 Å². The largest absolute Gasteiger partial charge is 0.396 e. The molecule has 1 aromatic heterocycles. The molecule has 0 spiro atoms. The molecule has 0 aliphatic heterocycles. The van der Waals surface area contributed by atoms with Gasteiger partial charge in [-0.15, -0.1) is 0 Å². The SMILES string of the molecule is Cc1cccc(C(=O)Nc2nc3cc(NC(=O)C(C)(C)C)ccc3n2[C@H]2CC[C@@H](CO)CC2)c1. The van der Waals surface area contributed by atoms with Gasteiger partial charge in [-0.25, -0.2) is 4.98 Å². The molecule has 1 aliphatic rings. The number of imidazole rings is 1. The highest BCUT2D eigenvalue weighted by atomic mass is 16.3. The van der Waals surface area contributed by atoms with E-state index >= 15 is 0 Å². The fourth-order valence-corrected chi connectivity index (χ4v) is 4.50. The molecular formula is C27H34N4O3. The summed E-state index contributed by atoms with van der Waals surface area (Å²) in [4.78, 5) is 30.3. The van der Waals surface area contributed by atoms with E-state index in [0.717, 1.165) is 42.3 Å². The molecule has 180 valence electrons. The van der Waals surface area contributed by atoms with Crippen molar-refractivity contribution in [2.45, 2.75) is 59.4 Å². The van der Waals surface area contributed by atoms with E-state index in [0.29, 0.717) is 23.1 Å². The van der Waals surface area contributed by atoms with Gasteiger partial charge in [-0.2, -0.15) is 0 Å². The highest BCUT2D eigenvalue weighted by Crippen LogP contribution is 2.37. The molecule has 7 nitrogen and oxygen atoms in total. The smallest absolute Gasteiger partial charge is 0.257 e. The van der Waals surface area contributed by atoms with Crippen LogP contribution in [0, 0.1) is 18.3 Å². The van der Waals surface area contributed by atoms with Crippen LogP contribution in [0.2, 0.25) is 0 Å². The highest BCUT2D eigenvalue weighted by Gasteiger charge is 2.27. The number of anilines is 2. The van der Waals surface area contributed by atoms with Gasteiger partial charge in [0.1, 0.15) is 0 Å². The first-order valence-electron chi connectivity index (χ1n) is 12.0. The van der Waals surface area contributed by atoms with E-state index in [1.165, 1.54) is 0 Å². The first-order chi connectivity index (χ1) is 16.2. The van der Waals surface area contributed by atoms with E-state index in [1.54, 1.807) is 6.07 Å². The predicted molar refractivity (Wildman–Crippen MR) is 135 cm³/mol. The maximum Gasteiger partial charge on any atom is 0.257 e. The number of carbonyl (C=O) groups is 2. The molecule has 1 heterocycles. The van der Waals surface area contributed by atoms with Crippen LogP contribution in [-0.4, -0.2) is 33.1 Å². The maximum atomic E-state index is 13.0. The van der Waals surface area contributed by atoms with E-state index in [-0.39, 0.29) is 24.5 Å². The summed E-state index contributed by atoms with van der Waals surface area (Å²) in [5, 5.41) is 15.5. The van der Waals surface area contributed by atoms with E-state index in [1.807, 2.05) is 64.1 Å². The Kier molecular flexibility index (Phi) is 6.75. The van der Waals surface area contributed by atoms with Crippen LogP contribution < -0.4 is 10.6 Å². The van der Waals surface area contributed by atoms with E-state index in [2.05, 4.69) is 15.2 Å². The van der Waals surface area contributed by atoms with Crippen molar-refractivity contribution in [2.75, 3.05) is 17.2 Å². The molecule has 0 atom stereocenters. The minimum atomic E-state index is -0.507. The lowest BCUT2D eigenvalue weighted by Gasteiger charge is -2.29. The molecule has 1 saturated carbocycles. The van der Waals surface area contributed by atoms with Gasteiger partial charge >= 0.3 is 0 Å². The Bertz CT molecular complexity index is 1200. The molecule has 1 fully saturated rings. The topological polar surface area (TPSA) is 96.3 Å². The summed E-state index contributed by atoms with van der Waals surface area (Å²) in [6, 6.07) is 13.4. The number of benzene rings is 2. The van der Waals surface area contributed by atoms with Crippen LogP contribution in [0.15, 0.2) is 42.5 Å². The minimum absolute atomic E-state index is 0.0680. The maximum absolute atomic E-state index is 13.0. The van der Waals surface area contributed by atoms with Gasteiger partial charge in [0.25, 0.3) is 5.91 Å². The van der Waals surface area contributed by atoms with Crippen molar-refractivity contribution in [3.05, 3.63) is 53.6 Å². The molecular weight excluding hydrogens is 428 g/mol. The molecule has 0 bridgehead atoms. The summed E-state index contributed by atoms with van der Waals surface area (Å²) in [5.74, 6) is 0.566. The second-order valence-electron chi connectivity index (χ2n) is 10.4. The van der Waals surface area contributed by atoms with Crippen LogP contribution >= 0.6 is 0 Å². The number of aliphatic hydroxyl groups is 1. The van der Waals surface area contributed by atoms with Gasteiger partial charge in [0, 0.05) is 29.3 Å². The van der Waals surface area contributed by atoms with Crippen molar-refractivity contribution in [1.82, 2.24) is 9.55 Å². The Morgan fingerprint density at radius 3 is 2.44 bits per heavy atom. The summed E-state index contributed by atoms with van der Waals surface area (Å²) in [6.07, 6.45) is 3.69. The van der Waals surface area contributed by atoms with Gasteiger partial charge in [-0.1, -0.05) is 38.5 Å². The number of aryl methyl sites for hydroxylation is 1. The molecule has 0 saturated heterocycles. The van der Waals surface area contributed by atoms with Gasteiger partial charge in [0.2, 0.25) is 11.9 Å². The fourth-order valence-electron chi connectivity index (χ4n) is 4.50. The van der Waals surface area contributed by atoms with Crippen molar-refractivity contribution in [1.29, 1.82) is 0 Å². The fraction of sp³-hybridized carbons (Fsp3) is 0.444. The summed E-state index contributed by atoms with van der Waals surface area (Å²) in [7, 11) is 0. The number of amides is 2. The second-order valence-corrected chi connectivity index (χ2v) is 10.4. The van der Waals surface area contributed by atoms with Gasteiger partial charge in [-0.3, -0.25) is 14.9 Å². The van der Waals surface area contributed by atoms with Crippen LogP contribution in [0.1, 0.15) is 68.4 Å². The molecule has 0 radical (unpaired) electrons. The number of hydrogen-bond donors (Lipinski definition) is 3. The Balaban J connectivity index is 1.69. The van der Waals surface area contributed by atoms with Crippen molar-refractivity contribution in [2.24, 2.45) is 11.3 Å². The van der Waals surface area contributed by atoms with Crippen molar-refractivity contribution < 1.29 is 14.7 Å². The van der Waals surface area contributed by atoms with Crippen LogP contribution in [-0.2, 0) is 4.79 Å². The van der Waals surface area contributed by atoms with E-state index in [9.17, 15) is 14.7 Å². The number of aromatic nitrogens is 2. The number of nitrogens with one attached hydrogen (secondary N) is 2. The molecule has 0 unspecified atom stereocenters. The average molecular weight is 463 g/mol. The standard InChI is InChI=1S/C27H34N4O3/c1-17-6-5-7-19(14-17)24(33)30-26-29-22-15-20(28-25(34)27(2,3)4)10-13-23(22)31(26)21-11-8-18(16-32)9-12-21/h5-7,10,13-15,18,21,32H,8-9,11-12,16H2,1-4H3,(H,28,34)(H,29,30,33)/t18-,21+. The van der Waals surface area contributed by atoms with Gasteiger partial charge in [-0.05, 0) is 68.9 Å². The Morgan fingerprint density at radius 1 is 1.06 bits per heavy atom. The normalized spacial score (nSPS) is 18.6. The number of carbonyl (C=O) groups excluding carboxylic acids is 2. The lowest BCUT2D eigenvalue weighted by Crippen LogP contribution is -2.27. The minimum Gasteiger partial charge on any atom is -0.396 e. The zero-order chi connectivity index (χ0) is 24.5. The third-order valence-electron chi connectivity index (χ3n) is 6.57. The van der Waals surface area contributed by atoms with Gasteiger partial charge < -0.3 is 15.0 Å².